The molecular formula is C30H35Cl2N3O5S. The van der Waals surface area contributed by atoms with Crippen LogP contribution in [0.5, 0.6) is 5.75 Å². The molecule has 0 saturated carbocycles. The molecule has 0 saturated heterocycles. The molecule has 0 aromatic heterocycles. The second-order valence-electron chi connectivity index (χ2n) is 9.50. The van der Waals surface area contributed by atoms with Crippen LogP contribution in [-0.2, 0) is 26.2 Å². The van der Waals surface area contributed by atoms with Gasteiger partial charge in [0.1, 0.15) is 18.3 Å². The average molecular weight is 621 g/mol. The van der Waals surface area contributed by atoms with E-state index in [9.17, 15) is 18.0 Å². The van der Waals surface area contributed by atoms with E-state index >= 15 is 0 Å². The third-order valence-corrected chi connectivity index (χ3v) is 9.17. The standard InChI is InChI=1S/C30H35Cl2N3O5S/c1-5-21(3)33-30(37)27(6-2)34(19-22-12-10-11-15-25(22)31)29(36)20-35(23-16-17-28(40-4)26(32)18-23)41(38,39)24-13-8-7-9-14-24/h7-18,21,27H,5-6,19-20H2,1-4H3,(H,33,37)/t21-,27+/m0/s1. The normalized spacial score (nSPS) is 12.7. The number of amides is 2. The van der Waals surface area contributed by atoms with Crippen LogP contribution in [0.25, 0.3) is 0 Å². The molecule has 8 nitrogen and oxygen atoms in total. The maximum atomic E-state index is 14.1. The van der Waals surface area contributed by atoms with Gasteiger partial charge in [0.05, 0.1) is 22.7 Å². The van der Waals surface area contributed by atoms with Crippen molar-refractivity contribution in [1.82, 2.24) is 10.2 Å². The molecule has 0 aliphatic heterocycles. The molecule has 220 valence electrons. The van der Waals surface area contributed by atoms with Crippen molar-refractivity contribution in [3.63, 3.8) is 0 Å². The van der Waals surface area contributed by atoms with Crippen LogP contribution in [0.2, 0.25) is 10.0 Å². The quantitative estimate of drug-likeness (QED) is 0.256. The first-order valence-electron chi connectivity index (χ1n) is 13.3. The third kappa shape index (κ3) is 7.93. The van der Waals surface area contributed by atoms with Crippen LogP contribution in [0.3, 0.4) is 0 Å². The monoisotopic (exact) mass is 619 g/mol. The highest BCUT2D eigenvalue weighted by Gasteiger charge is 2.34. The van der Waals surface area contributed by atoms with E-state index in [1.807, 2.05) is 13.8 Å². The Morgan fingerprint density at radius 2 is 1.59 bits per heavy atom. The van der Waals surface area contributed by atoms with Gasteiger partial charge in [-0.15, -0.1) is 0 Å². The number of benzene rings is 3. The number of hydrogen-bond donors (Lipinski definition) is 1. The molecule has 2 amide bonds. The van der Waals surface area contributed by atoms with E-state index in [-0.39, 0.29) is 34.1 Å². The molecule has 11 heteroatoms. The Kier molecular flexibility index (Phi) is 11.5. The lowest BCUT2D eigenvalue weighted by Gasteiger charge is -2.34. The zero-order chi connectivity index (χ0) is 30.2. The summed E-state index contributed by atoms with van der Waals surface area (Å²) in [6.07, 6.45) is 1.01. The Balaban J connectivity index is 2.09. The van der Waals surface area contributed by atoms with Gasteiger partial charge in [0.2, 0.25) is 11.8 Å². The maximum Gasteiger partial charge on any atom is 0.264 e. The molecule has 0 fully saturated rings. The minimum absolute atomic E-state index is 0.000973. The summed E-state index contributed by atoms with van der Waals surface area (Å²) >= 11 is 12.8. The summed E-state index contributed by atoms with van der Waals surface area (Å²) in [5.41, 5.74) is 0.796. The molecule has 41 heavy (non-hydrogen) atoms. The number of methoxy groups -OCH3 is 1. The van der Waals surface area contributed by atoms with E-state index in [4.69, 9.17) is 27.9 Å². The van der Waals surface area contributed by atoms with Crippen molar-refractivity contribution >= 4 is 50.7 Å². The van der Waals surface area contributed by atoms with Gasteiger partial charge >= 0.3 is 0 Å². The summed E-state index contributed by atoms with van der Waals surface area (Å²) < 4.78 is 34.0. The third-order valence-electron chi connectivity index (χ3n) is 6.72. The number of sulfonamides is 1. The fourth-order valence-corrected chi connectivity index (χ4v) is 6.10. The Hall–Kier alpha value is -3.27. The maximum absolute atomic E-state index is 14.1. The number of halogens is 2. The largest absolute Gasteiger partial charge is 0.495 e. The zero-order valence-corrected chi connectivity index (χ0v) is 25.8. The molecule has 0 heterocycles. The number of nitrogens with one attached hydrogen (secondary N) is 1. The Labute approximate surface area is 252 Å². The summed E-state index contributed by atoms with van der Waals surface area (Å²) in [4.78, 5) is 28.9. The molecule has 0 aliphatic carbocycles. The lowest BCUT2D eigenvalue weighted by molar-refractivity contribution is -0.140. The van der Waals surface area contributed by atoms with Gasteiger partial charge in [0, 0.05) is 17.6 Å². The summed E-state index contributed by atoms with van der Waals surface area (Å²) in [7, 11) is -2.77. The summed E-state index contributed by atoms with van der Waals surface area (Å²) in [5.74, 6) is -0.554. The number of anilines is 1. The molecule has 2 atom stereocenters. The van der Waals surface area contributed by atoms with Gasteiger partial charge in [-0.2, -0.15) is 0 Å². The highest BCUT2D eigenvalue weighted by molar-refractivity contribution is 7.92. The second kappa shape index (κ2) is 14.6. The van der Waals surface area contributed by atoms with Crippen LogP contribution in [0.1, 0.15) is 39.2 Å². The first-order chi connectivity index (χ1) is 19.5. The summed E-state index contributed by atoms with van der Waals surface area (Å²) in [5, 5.41) is 3.56. The van der Waals surface area contributed by atoms with Gasteiger partial charge in [0.15, 0.2) is 0 Å². The SMILES string of the molecule is CC[C@H](C(=O)N[C@@H](C)CC)N(Cc1ccccc1Cl)C(=O)CN(c1ccc(OC)c(Cl)c1)S(=O)(=O)c1ccccc1. The van der Waals surface area contributed by atoms with Crippen LogP contribution < -0.4 is 14.4 Å². The Morgan fingerprint density at radius 1 is 0.927 bits per heavy atom. The number of nitrogens with zero attached hydrogens (tertiary/aromatic N) is 2. The van der Waals surface area contributed by atoms with Gasteiger partial charge in [0.25, 0.3) is 10.0 Å². The fraction of sp³-hybridized carbons (Fsp3) is 0.333. The second-order valence-corrected chi connectivity index (χ2v) is 12.2. The summed E-state index contributed by atoms with van der Waals surface area (Å²) in [6.45, 7) is 5.05. The van der Waals surface area contributed by atoms with Crippen molar-refractivity contribution < 1.29 is 22.7 Å². The van der Waals surface area contributed by atoms with Crippen LogP contribution >= 0.6 is 23.2 Å². The van der Waals surface area contributed by atoms with E-state index in [0.717, 1.165) is 4.31 Å². The van der Waals surface area contributed by atoms with Crippen LogP contribution in [-0.4, -0.2) is 50.9 Å². The van der Waals surface area contributed by atoms with Crippen molar-refractivity contribution in [3.8, 4) is 5.75 Å². The molecule has 0 aliphatic rings. The number of ether oxygens (including phenoxy) is 1. The van der Waals surface area contributed by atoms with Crippen molar-refractivity contribution in [3.05, 3.63) is 88.4 Å². The molecular weight excluding hydrogens is 585 g/mol. The van der Waals surface area contributed by atoms with Crippen molar-refractivity contribution in [2.45, 2.75) is 57.1 Å². The molecule has 0 radical (unpaired) electrons. The van der Waals surface area contributed by atoms with Crippen LogP contribution in [0, 0.1) is 0 Å². The minimum atomic E-state index is -4.22. The van der Waals surface area contributed by atoms with Gasteiger partial charge in [-0.3, -0.25) is 13.9 Å². The van der Waals surface area contributed by atoms with E-state index < -0.39 is 28.5 Å². The first kappa shape index (κ1) is 32.2. The van der Waals surface area contributed by atoms with Gasteiger partial charge < -0.3 is 15.0 Å². The van der Waals surface area contributed by atoms with E-state index in [1.54, 1.807) is 49.4 Å². The predicted molar refractivity (Wildman–Crippen MR) is 163 cm³/mol. The van der Waals surface area contributed by atoms with Crippen LogP contribution in [0.15, 0.2) is 77.7 Å². The molecule has 0 spiro atoms. The number of carbonyl (C=O) groups is 2. The lowest BCUT2D eigenvalue weighted by Crippen LogP contribution is -2.53. The molecule has 3 rings (SSSR count). The molecule has 1 N–H and O–H groups in total. The van der Waals surface area contributed by atoms with E-state index in [1.165, 1.54) is 42.3 Å². The summed E-state index contributed by atoms with van der Waals surface area (Å²) in [6, 6.07) is 18.3. The smallest absolute Gasteiger partial charge is 0.264 e. The van der Waals surface area contributed by atoms with Crippen molar-refractivity contribution in [2.24, 2.45) is 0 Å². The highest BCUT2D eigenvalue weighted by atomic mass is 35.5. The van der Waals surface area contributed by atoms with Crippen molar-refractivity contribution in [1.29, 1.82) is 0 Å². The molecule has 0 bridgehead atoms. The molecule has 0 unspecified atom stereocenters. The zero-order valence-electron chi connectivity index (χ0n) is 23.5. The van der Waals surface area contributed by atoms with E-state index in [2.05, 4.69) is 5.32 Å². The Bertz CT molecular complexity index is 1450. The molecule has 3 aromatic rings. The first-order valence-corrected chi connectivity index (χ1v) is 15.5. The van der Waals surface area contributed by atoms with Crippen LogP contribution in [0.4, 0.5) is 5.69 Å². The number of rotatable bonds is 13. The molecule has 3 aromatic carbocycles. The fourth-order valence-electron chi connectivity index (χ4n) is 4.23. The topological polar surface area (TPSA) is 96.0 Å². The van der Waals surface area contributed by atoms with Gasteiger partial charge in [-0.1, -0.05) is 73.4 Å². The minimum Gasteiger partial charge on any atom is -0.495 e. The number of hydrogen-bond acceptors (Lipinski definition) is 5. The van der Waals surface area contributed by atoms with Gasteiger partial charge in [-0.25, -0.2) is 8.42 Å². The van der Waals surface area contributed by atoms with E-state index in [0.29, 0.717) is 29.2 Å². The van der Waals surface area contributed by atoms with Crippen molar-refractivity contribution in [2.75, 3.05) is 18.0 Å². The Morgan fingerprint density at radius 3 is 2.17 bits per heavy atom. The lowest BCUT2D eigenvalue weighted by atomic mass is 10.1. The van der Waals surface area contributed by atoms with Gasteiger partial charge in [-0.05, 0) is 61.7 Å². The predicted octanol–water partition coefficient (Wildman–Crippen LogP) is 5.92. The highest BCUT2D eigenvalue weighted by Crippen LogP contribution is 2.32. The average Bonchev–Trinajstić information content (AvgIpc) is 2.96. The number of carbonyl (C=O) groups excluding carboxylic acids is 2.